The van der Waals surface area contributed by atoms with Crippen molar-refractivity contribution in [3.63, 3.8) is 0 Å². The molecule has 1 aliphatic rings. The largest absolute Gasteiger partial charge is 0.456 e. The number of nitrogens with one attached hydrogen (secondary N) is 2. The zero-order valence-corrected chi connectivity index (χ0v) is 27.8. The average Bonchev–Trinajstić information content (AvgIpc) is 3.59. The molecule has 0 fully saturated rings. The maximum Gasteiger partial charge on any atom is 0.136 e. The van der Waals surface area contributed by atoms with Gasteiger partial charge in [0.15, 0.2) is 0 Å². The molecular weight excluding hydrogens is 623 g/mol. The summed E-state index contributed by atoms with van der Waals surface area (Å²) in [6.07, 6.45) is -0.522. The molecule has 0 amide bonds. The van der Waals surface area contributed by atoms with Crippen molar-refractivity contribution < 1.29 is 4.42 Å². The maximum absolute atomic E-state index is 6.60. The van der Waals surface area contributed by atoms with E-state index in [0.717, 1.165) is 55.6 Å². The van der Waals surface area contributed by atoms with Crippen molar-refractivity contribution in [1.82, 2.24) is 10.6 Å². The second kappa shape index (κ2) is 12.1. The van der Waals surface area contributed by atoms with E-state index in [1.165, 1.54) is 32.7 Å². The van der Waals surface area contributed by atoms with Gasteiger partial charge in [-0.3, -0.25) is 5.32 Å². The predicted molar refractivity (Wildman–Crippen MR) is 211 cm³/mol. The Morgan fingerprint density at radius 3 is 1.90 bits per heavy atom. The molecule has 242 valence electrons. The quantitative estimate of drug-likeness (QED) is 0.181. The molecule has 2 atom stereocenters. The van der Waals surface area contributed by atoms with E-state index >= 15 is 0 Å². The summed E-state index contributed by atoms with van der Waals surface area (Å²) >= 11 is 0. The first kappa shape index (κ1) is 29.4. The first-order valence-electron chi connectivity index (χ1n) is 17.4. The van der Waals surface area contributed by atoms with E-state index in [9.17, 15) is 0 Å². The van der Waals surface area contributed by atoms with Crippen LogP contribution in [0.4, 0.5) is 0 Å². The fraction of sp³-hybridized carbons (Fsp3) is 0.0426. The molecule has 2 unspecified atom stereocenters. The number of hydrogen-bond donors (Lipinski definition) is 2. The monoisotopic (exact) mass is 655 g/mol. The molecule has 1 aliphatic heterocycles. The molecular formula is C47H33N3O. The zero-order chi connectivity index (χ0) is 33.7. The first-order chi connectivity index (χ1) is 25.2. The highest BCUT2D eigenvalue weighted by molar-refractivity contribution is 6.11. The van der Waals surface area contributed by atoms with E-state index < -0.39 is 0 Å². The van der Waals surface area contributed by atoms with Gasteiger partial charge in [0.05, 0.1) is 0 Å². The Bertz CT molecular complexity index is 2750. The van der Waals surface area contributed by atoms with Crippen LogP contribution in [0, 0.1) is 0 Å². The summed E-state index contributed by atoms with van der Waals surface area (Å²) in [5.74, 6) is 0.843. The van der Waals surface area contributed by atoms with Gasteiger partial charge in [0.25, 0.3) is 0 Å². The highest BCUT2D eigenvalue weighted by Crippen LogP contribution is 2.40. The Morgan fingerprint density at radius 2 is 1.08 bits per heavy atom. The number of furan rings is 1. The molecule has 1 aromatic heterocycles. The number of nitrogens with zero attached hydrogens (tertiary/aromatic N) is 1. The van der Waals surface area contributed by atoms with Gasteiger partial charge in [0.1, 0.15) is 29.3 Å². The van der Waals surface area contributed by atoms with Crippen molar-refractivity contribution in [3.05, 3.63) is 193 Å². The van der Waals surface area contributed by atoms with Crippen LogP contribution in [0.15, 0.2) is 185 Å². The summed E-state index contributed by atoms with van der Waals surface area (Å²) in [7, 11) is 0. The van der Waals surface area contributed by atoms with Crippen LogP contribution in [0.25, 0.3) is 65.7 Å². The van der Waals surface area contributed by atoms with Crippen LogP contribution >= 0.6 is 0 Å². The summed E-state index contributed by atoms with van der Waals surface area (Å²) in [5, 5.41) is 14.8. The van der Waals surface area contributed by atoms with Crippen LogP contribution < -0.4 is 10.6 Å². The molecule has 51 heavy (non-hydrogen) atoms. The Morgan fingerprint density at radius 1 is 0.451 bits per heavy atom. The van der Waals surface area contributed by atoms with Gasteiger partial charge in [-0.2, -0.15) is 0 Å². The lowest BCUT2D eigenvalue weighted by Crippen LogP contribution is -2.45. The highest BCUT2D eigenvalue weighted by Gasteiger charge is 2.28. The standard InChI is InChI=1S/C47H33N3O/c1-3-11-30(12-4-1)31-19-24-35(25-20-31)46-48-45(34-14-5-2-6-15-34)49-47(50-46)41-28-37(29-43-44(41)39-17-9-10-18-42(39)51-43)36-26-23-33-22-21-32-13-7-8-16-38(32)40(33)27-36/h1-29,45,47,49H,(H,48,50). The molecule has 0 spiro atoms. The van der Waals surface area contributed by atoms with E-state index in [4.69, 9.17) is 9.41 Å². The molecule has 0 aliphatic carbocycles. The summed E-state index contributed by atoms with van der Waals surface area (Å²) in [6, 6.07) is 62.3. The van der Waals surface area contributed by atoms with Crippen molar-refractivity contribution in [1.29, 1.82) is 0 Å². The number of hydrogen-bond acceptors (Lipinski definition) is 4. The van der Waals surface area contributed by atoms with Crippen molar-refractivity contribution in [2.75, 3.05) is 0 Å². The lowest BCUT2D eigenvalue weighted by atomic mass is 9.93. The van der Waals surface area contributed by atoms with Crippen LogP contribution in [0.5, 0.6) is 0 Å². The number of fused-ring (bicyclic) bond motifs is 6. The Kier molecular flexibility index (Phi) is 7.00. The van der Waals surface area contributed by atoms with Gasteiger partial charge in [-0.05, 0) is 73.6 Å². The molecule has 2 N–H and O–H groups in total. The predicted octanol–water partition coefficient (Wildman–Crippen LogP) is 11.6. The molecule has 0 saturated heterocycles. The smallest absolute Gasteiger partial charge is 0.136 e. The normalized spacial score (nSPS) is 16.0. The van der Waals surface area contributed by atoms with E-state index in [-0.39, 0.29) is 12.3 Å². The van der Waals surface area contributed by atoms with Gasteiger partial charge < -0.3 is 9.73 Å². The van der Waals surface area contributed by atoms with Gasteiger partial charge in [-0.15, -0.1) is 0 Å². The van der Waals surface area contributed by atoms with Gasteiger partial charge in [0.2, 0.25) is 0 Å². The molecule has 4 nitrogen and oxygen atoms in total. The molecule has 9 aromatic rings. The number of benzene rings is 8. The highest BCUT2D eigenvalue weighted by atomic mass is 16.3. The van der Waals surface area contributed by atoms with E-state index in [1.807, 2.05) is 18.2 Å². The van der Waals surface area contributed by atoms with Gasteiger partial charge >= 0.3 is 0 Å². The van der Waals surface area contributed by atoms with E-state index in [0.29, 0.717) is 0 Å². The van der Waals surface area contributed by atoms with Gasteiger partial charge in [0, 0.05) is 21.9 Å². The second-order valence-corrected chi connectivity index (χ2v) is 13.2. The fourth-order valence-corrected chi connectivity index (χ4v) is 7.58. The number of rotatable bonds is 5. The van der Waals surface area contributed by atoms with Crippen LogP contribution in [-0.4, -0.2) is 5.84 Å². The van der Waals surface area contributed by atoms with Crippen molar-refractivity contribution in [2.24, 2.45) is 4.99 Å². The number of aliphatic imine (C=N–C) groups is 1. The molecule has 0 saturated carbocycles. The van der Waals surface area contributed by atoms with Crippen molar-refractivity contribution in [2.45, 2.75) is 12.3 Å². The minimum Gasteiger partial charge on any atom is -0.456 e. The average molecular weight is 656 g/mol. The zero-order valence-electron chi connectivity index (χ0n) is 27.8. The third kappa shape index (κ3) is 5.25. The molecule has 10 rings (SSSR count). The fourth-order valence-electron chi connectivity index (χ4n) is 7.58. The van der Waals surface area contributed by atoms with E-state index in [2.05, 4.69) is 168 Å². The molecule has 2 heterocycles. The summed E-state index contributed by atoms with van der Waals surface area (Å²) in [6.45, 7) is 0. The number of para-hydroxylation sites is 1. The van der Waals surface area contributed by atoms with Crippen molar-refractivity contribution in [3.8, 4) is 22.3 Å². The van der Waals surface area contributed by atoms with Crippen LogP contribution in [0.2, 0.25) is 0 Å². The first-order valence-corrected chi connectivity index (χ1v) is 17.4. The SMILES string of the molecule is c1ccc(-c2ccc(C3=NC(c4ccccc4)NC(c4cc(-c5ccc6ccc7ccccc7c6c5)cc5oc6ccccc6c45)N3)cc2)cc1. The van der Waals surface area contributed by atoms with Crippen molar-refractivity contribution >= 4 is 49.3 Å². The summed E-state index contributed by atoms with van der Waals surface area (Å²) < 4.78 is 6.60. The molecule has 0 radical (unpaired) electrons. The van der Waals surface area contributed by atoms with Gasteiger partial charge in [-0.1, -0.05) is 152 Å². The minimum absolute atomic E-state index is 0.259. The Labute approximate surface area is 295 Å². The third-order valence-corrected chi connectivity index (χ3v) is 10.1. The Balaban J connectivity index is 1.13. The summed E-state index contributed by atoms with van der Waals surface area (Å²) in [4.78, 5) is 5.25. The van der Waals surface area contributed by atoms with E-state index in [1.54, 1.807) is 0 Å². The molecule has 0 bridgehead atoms. The lowest BCUT2D eigenvalue weighted by molar-refractivity contribution is 0.411. The van der Waals surface area contributed by atoms with Crippen LogP contribution in [0.3, 0.4) is 0 Å². The Hall–Kier alpha value is -6.49. The maximum atomic E-state index is 6.60. The second-order valence-electron chi connectivity index (χ2n) is 13.2. The van der Waals surface area contributed by atoms with Crippen LogP contribution in [-0.2, 0) is 0 Å². The third-order valence-electron chi connectivity index (χ3n) is 10.1. The molecule has 4 heteroatoms. The van der Waals surface area contributed by atoms with Crippen LogP contribution in [0.1, 0.15) is 29.0 Å². The number of amidine groups is 1. The summed E-state index contributed by atoms with van der Waals surface area (Å²) in [5.41, 5.74) is 9.59. The molecule has 8 aromatic carbocycles. The van der Waals surface area contributed by atoms with Gasteiger partial charge in [-0.25, -0.2) is 4.99 Å². The topological polar surface area (TPSA) is 49.6 Å². The minimum atomic E-state index is -0.263. The lowest BCUT2D eigenvalue weighted by Gasteiger charge is -2.32.